The minimum Gasteiger partial charge on any atom is -0.464 e. The van der Waals surface area contributed by atoms with Gasteiger partial charge in [0.15, 0.2) is 0 Å². The van der Waals surface area contributed by atoms with Crippen molar-refractivity contribution in [1.82, 2.24) is 0 Å². The van der Waals surface area contributed by atoms with Crippen LogP contribution in [-0.4, -0.2) is 0 Å². The van der Waals surface area contributed by atoms with Crippen molar-refractivity contribution in [1.29, 1.82) is 0 Å². The quantitative estimate of drug-likeness (QED) is 0.323. The first-order chi connectivity index (χ1) is 14.9. The van der Waals surface area contributed by atoms with E-state index >= 15 is 0 Å². The average molecular weight is 427 g/mol. The van der Waals surface area contributed by atoms with Gasteiger partial charge in [0, 0.05) is 29.4 Å². The largest absolute Gasteiger partial charge is 0.464 e. The number of anilines is 1. The van der Waals surface area contributed by atoms with E-state index in [0.717, 1.165) is 23.5 Å². The van der Waals surface area contributed by atoms with Crippen LogP contribution >= 0.6 is 0 Å². The molecule has 7 heteroatoms. The van der Waals surface area contributed by atoms with Gasteiger partial charge < -0.3 is 14.5 Å². The Labute approximate surface area is 175 Å². The van der Waals surface area contributed by atoms with E-state index in [9.17, 15) is 17.6 Å². The molecule has 0 aliphatic carbocycles. The van der Waals surface area contributed by atoms with Gasteiger partial charge in [0.2, 0.25) is 0 Å². The fraction of sp³-hybridized carbons (Fsp3) is 0.0833. The van der Waals surface area contributed by atoms with Crippen molar-refractivity contribution in [3.05, 3.63) is 102 Å². The van der Waals surface area contributed by atoms with Crippen LogP contribution in [0.4, 0.5) is 23.2 Å². The Morgan fingerprint density at radius 2 is 1.61 bits per heavy atom. The van der Waals surface area contributed by atoms with Crippen LogP contribution in [0.3, 0.4) is 0 Å². The molecule has 0 radical (unpaired) electrons. The van der Waals surface area contributed by atoms with Crippen LogP contribution in [0.15, 0.2) is 89.5 Å². The van der Waals surface area contributed by atoms with E-state index in [2.05, 4.69) is 5.32 Å². The zero-order valence-electron chi connectivity index (χ0n) is 16.1. The van der Waals surface area contributed by atoms with Gasteiger partial charge >= 0.3 is 6.18 Å². The van der Waals surface area contributed by atoms with E-state index in [1.54, 1.807) is 36.6 Å². The molecule has 0 aliphatic heterocycles. The fourth-order valence-electron chi connectivity index (χ4n) is 3.03. The number of nitrogens with one attached hydrogen (secondary N) is 1. The number of halogens is 4. The van der Waals surface area contributed by atoms with Gasteiger partial charge in [-0.25, -0.2) is 4.39 Å². The molecule has 3 aromatic carbocycles. The molecule has 158 valence electrons. The zero-order valence-corrected chi connectivity index (χ0v) is 16.1. The SMILES string of the molecule is Fc1cc(C(F)(F)F)ccc1CNc1cccc(Oc2cccc(-c3ccco3)c2)c1. The number of hydrogen-bond acceptors (Lipinski definition) is 3. The summed E-state index contributed by atoms with van der Waals surface area (Å²) in [4.78, 5) is 0. The van der Waals surface area contributed by atoms with Gasteiger partial charge in [-0.3, -0.25) is 0 Å². The van der Waals surface area contributed by atoms with Crippen molar-refractivity contribution in [2.75, 3.05) is 5.32 Å². The molecule has 31 heavy (non-hydrogen) atoms. The van der Waals surface area contributed by atoms with Gasteiger partial charge in [-0.15, -0.1) is 0 Å². The lowest BCUT2D eigenvalue weighted by Crippen LogP contribution is -2.08. The van der Waals surface area contributed by atoms with Gasteiger partial charge in [0.05, 0.1) is 11.8 Å². The number of alkyl halides is 3. The summed E-state index contributed by atoms with van der Waals surface area (Å²) < 4.78 is 63.4. The molecule has 0 aliphatic rings. The van der Waals surface area contributed by atoms with E-state index in [-0.39, 0.29) is 12.1 Å². The first-order valence-electron chi connectivity index (χ1n) is 9.40. The molecule has 0 bridgehead atoms. The molecule has 0 fully saturated rings. The fourth-order valence-corrected chi connectivity index (χ4v) is 3.03. The summed E-state index contributed by atoms with van der Waals surface area (Å²) in [5.41, 5.74) is 0.625. The topological polar surface area (TPSA) is 34.4 Å². The summed E-state index contributed by atoms with van der Waals surface area (Å²) in [6.07, 6.45) is -2.98. The van der Waals surface area contributed by atoms with Crippen LogP contribution in [0.25, 0.3) is 11.3 Å². The maximum absolute atomic E-state index is 14.0. The van der Waals surface area contributed by atoms with Gasteiger partial charge in [-0.1, -0.05) is 24.3 Å². The summed E-state index contributed by atoms with van der Waals surface area (Å²) in [7, 11) is 0. The van der Waals surface area contributed by atoms with Crippen molar-refractivity contribution in [2.24, 2.45) is 0 Å². The Morgan fingerprint density at radius 3 is 2.32 bits per heavy atom. The molecule has 0 saturated heterocycles. The van der Waals surface area contributed by atoms with E-state index in [1.165, 1.54) is 0 Å². The Kier molecular flexibility index (Phi) is 5.66. The molecule has 3 nitrogen and oxygen atoms in total. The van der Waals surface area contributed by atoms with Crippen molar-refractivity contribution < 1.29 is 26.7 Å². The first kappa shape index (κ1) is 20.5. The number of rotatable bonds is 6. The second-order valence-corrected chi connectivity index (χ2v) is 6.79. The maximum Gasteiger partial charge on any atom is 0.416 e. The van der Waals surface area contributed by atoms with Crippen molar-refractivity contribution in [3.8, 4) is 22.8 Å². The number of furan rings is 1. The summed E-state index contributed by atoms with van der Waals surface area (Å²) in [6, 6.07) is 20.6. The van der Waals surface area contributed by atoms with Gasteiger partial charge in [-0.05, 0) is 48.5 Å². The second kappa shape index (κ2) is 8.55. The lowest BCUT2D eigenvalue weighted by Gasteiger charge is -2.12. The Bertz CT molecular complexity index is 1170. The van der Waals surface area contributed by atoms with Gasteiger partial charge in [-0.2, -0.15) is 13.2 Å². The van der Waals surface area contributed by atoms with Crippen LogP contribution in [-0.2, 0) is 12.7 Å². The molecule has 1 N–H and O–H groups in total. The standard InChI is InChI=1S/C24H17F4NO2/c25-22-13-18(24(26,27)28)10-9-17(22)15-29-19-5-2-7-21(14-19)31-20-6-1-4-16(12-20)23-8-3-11-30-23/h1-14,29H,15H2. The molecular formula is C24H17F4NO2. The zero-order chi connectivity index (χ0) is 21.8. The first-order valence-corrected chi connectivity index (χ1v) is 9.40. The molecule has 0 atom stereocenters. The number of benzene rings is 3. The monoisotopic (exact) mass is 427 g/mol. The van der Waals surface area contributed by atoms with Crippen molar-refractivity contribution in [3.63, 3.8) is 0 Å². The normalized spacial score (nSPS) is 11.4. The molecule has 0 spiro atoms. The minimum atomic E-state index is -4.58. The maximum atomic E-state index is 14.0. The third-order valence-corrected chi connectivity index (χ3v) is 4.57. The molecule has 4 aromatic rings. The molecule has 1 aromatic heterocycles. The summed E-state index contributed by atoms with van der Waals surface area (Å²) in [5, 5.41) is 3.00. The molecule has 4 rings (SSSR count). The highest BCUT2D eigenvalue weighted by molar-refractivity contribution is 5.60. The predicted octanol–water partition coefficient (Wildman–Crippen LogP) is 7.51. The third kappa shape index (κ3) is 5.06. The summed E-state index contributed by atoms with van der Waals surface area (Å²) in [5.74, 6) is 0.971. The van der Waals surface area contributed by atoms with E-state index in [4.69, 9.17) is 9.15 Å². The smallest absolute Gasteiger partial charge is 0.416 e. The lowest BCUT2D eigenvalue weighted by molar-refractivity contribution is -0.137. The predicted molar refractivity (Wildman–Crippen MR) is 109 cm³/mol. The average Bonchev–Trinajstić information content (AvgIpc) is 3.28. The van der Waals surface area contributed by atoms with Crippen molar-refractivity contribution >= 4 is 5.69 Å². The van der Waals surface area contributed by atoms with Crippen LogP contribution in [0.2, 0.25) is 0 Å². The van der Waals surface area contributed by atoms with Crippen LogP contribution in [0.5, 0.6) is 11.5 Å². The lowest BCUT2D eigenvalue weighted by atomic mass is 10.1. The third-order valence-electron chi connectivity index (χ3n) is 4.57. The molecule has 1 heterocycles. The van der Waals surface area contributed by atoms with E-state index in [0.29, 0.717) is 23.3 Å². The summed E-state index contributed by atoms with van der Waals surface area (Å²) >= 11 is 0. The number of ether oxygens (including phenoxy) is 1. The van der Waals surface area contributed by atoms with Crippen LogP contribution < -0.4 is 10.1 Å². The minimum absolute atomic E-state index is 0.0292. The Hall–Kier alpha value is -3.74. The van der Waals surface area contributed by atoms with Crippen LogP contribution in [0.1, 0.15) is 11.1 Å². The molecular weight excluding hydrogens is 410 g/mol. The second-order valence-electron chi connectivity index (χ2n) is 6.79. The van der Waals surface area contributed by atoms with Gasteiger partial charge in [0.25, 0.3) is 0 Å². The molecule has 0 amide bonds. The van der Waals surface area contributed by atoms with Crippen LogP contribution in [0, 0.1) is 5.82 Å². The highest BCUT2D eigenvalue weighted by Crippen LogP contribution is 2.31. The van der Waals surface area contributed by atoms with Gasteiger partial charge in [0.1, 0.15) is 23.1 Å². The Morgan fingerprint density at radius 1 is 0.839 bits per heavy atom. The van der Waals surface area contributed by atoms with E-state index < -0.39 is 17.6 Å². The van der Waals surface area contributed by atoms with E-state index in [1.807, 2.05) is 30.3 Å². The number of hydrogen-bond donors (Lipinski definition) is 1. The summed E-state index contributed by atoms with van der Waals surface area (Å²) in [6.45, 7) is 0.0292. The Balaban J connectivity index is 1.44. The van der Waals surface area contributed by atoms with Crippen molar-refractivity contribution in [2.45, 2.75) is 12.7 Å². The molecule has 0 unspecified atom stereocenters. The molecule has 0 saturated carbocycles. The highest BCUT2D eigenvalue weighted by atomic mass is 19.4. The highest BCUT2D eigenvalue weighted by Gasteiger charge is 2.31.